The van der Waals surface area contributed by atoms with E-state index in [2.05, 4.69) is 12.7 Å². The lowest BCUT2D eigenvalue weighted by atomic mass is 9.68. The third-order valence-corrected chi connectivity index (χ3v) is 8.95. The maximum atomic E-state index is 13.5. The van der Waals surface area contributed by atoms with Crippen LogP contribution in [0.3, 0.4) is 0 Å². The molecule has 166 valence electrons. The zero-order valence-electron chi connectivity index (χ0n) is 18.6. The van der Waals surface area contributed by atoms with Crippen LogP contribution in [-0.2, 0) is 0 Å². The first-order valence-corrected chi connectivity index (χ1v) is 12.7. The maximum Gasteiger partial charge on any atom is 0.159 e. The van der Waals surface area contributed by atoms with Crippen LogP contribution < -0.4 is 0 Å². The smallest absolute Gasteiger partial charge is 0.159 e. The van der Waals surface area contributed by atoms with Gasteiger partial charge in [0.2, 0.25) is 0 Å². The van der Waals surface area contributed by atoms with Crippen LogP contribution in [0.1, 0.15) is 101 Å². The van der Waals surface area contributed by atoms with E-state index in [-0.39, 0.29) is 0 Å². The molecule has 0 N–H and O–H groups in total. The van der Waals surface area contributed by atoms with Gasteiger partial charge in [-0.05, 0) is 117 Å². The van der Waals surface area contributed by atoms with Crippen molar-refractivity contribution in [3.05, 3.63) is 48.1 Å². The molecule has 0 nitrogen and oxygen atoms in total. The Morgan fingerprint density at radius 2 is 1.23 bits per heavy atom. The molecule has 1 aromatic rings. The Bertz CT molecular complexity index is 672. The van der Waals surface area contributed by atoms with Gasteiger partial charge in [0.1, 0.15) is 0 Å². The van der Waals surface area contributed by atoms with E-state index in [1.54, 1.807) is 6.07 Å². The molecular formula is C28H40F2. The fraction of sp³-hybridized carbons (Fsp3) is 0.714. The number of allylic oxidation sites excluding steroid dienone is 1. The average Bonchev–Trinajstić information content (AvgIpc) is 2.80. The van der Waals surface area contributed by atoms with Crippen LogP contribution in [0.15, 0.2) is 30.9 Å². The monoisotopic (exact) mass is 414 g/mol. The van der Waals surface area contributed by atoms with Gasteiger partial charge in [0.05, 0.1) is 0 Å². The molecule has 0 bridgehead atoms. The Labute approximate surface area is 182 Å². The van der Waals surface area contributed by atoms with Crippen LogP contribution in [0.2, 0.25) is 0 Å². The van der Waals surface area contributed by atoms with Crippen LogP contribution in [0, 0.1) is 41.2 Å². The molecule has 3 saturated carbocycles. The molecule has 0 amide bonds. The van der Waals surface area contributed by atoms with Crippen molar-refractivity contribution in [1.82, 2.24) is 0 Å². The van der Waals surface area contributed by atoms with E-state index in [0.29, 0.717) is 5.92 Å². The summed E-state index contributed by atoms with van der Waals surface area (Å²) in [5.74, 6) is 3.57. The van der Waals surface area contributed by atoms with Crippen molar-refractivity contribution in [3.8, 4) is 0 Å². The summed E-state index contributed by atoms with van der Waals surface area (Å²) in [6.45, 7) is 3.99. The maximum absolute atomic E-state index is 13.5. The lowest BCUT2D eigenvalue weighted by Crippen LogP contribution is -2.25. The molecule has 0 aliphatic heterocycles. The molecule has 0 radical (unpaired) electrons. The lowest BCUT2D eigenvalue weighted by Gasteiger charge is -2.38. The molecule has 0 heterocycles. The van der Waals surface area contributed by atoms with Crippen LogP contribution >= 0.6 is 0 Å². The Morgan fingerprint density at radius 3 is 1.77 bits per heavy atom. The summed E-state index contributed by atoms with van der Waals surface area (Å²) in [5.41, 5.74) is 0.993. The Balaban J connectivity index is 1.14. The van der Waals surface area contributed by atoms with Crippen LogP contribution in [0.5, 0.6) is 0 Å². The molecule has 2 heteroatoms. The van der Waals surface area contributed by atoms with Crippen molar-refractivity contribution in [1.29, 1.82) is 0 Å². The second-order valence-electron chi connectivity index (χ2n) is 10.7. The van der Waals surface area contributed by atoms with Crippen LogP contribution in [0.25, 0.3) is 0 Å². The summed E-state index contributed by atoms with van der Waals surface area (Å²) in [6, 6.07) is 4.49. The van der Waals surface area contributed by atoms with Crippen molar-refractivity contribution in [2.24, 2.45) is 29.6 Å². The quantitative estimate of drug-likeness (QED) is 0.408. The predicted octanol–water partition coefficient (Wildman–Crippen LogP) is 8.82. The van der Waals surface area contributed by atoms with E-state index in [1.807, 2.05) is 0 Å². The van der Waals surface area contributed by atoms with Gasteiger partial charge in [0.15, 0.2) is 11.6 Å². The molecule has 3 aliphatic rings. The molecule has 30 heavy (non-hydrogen) atoms. The number of hydrogen-bond acceptors (Lipinski definition) is 0. The molecule has 1 aromatic carbocycles. The molecule has 3 fully saturated rings. The highest BCUT2D eigenvalue weighted by atomic mass is 19.2. The molecule has 0 unspecified atom stereocenters. The minimum atomic E-state index is -0.730. The summed E-state index contributed by atoms with van der Waals surface area (Å²) in [5, 5.41) is 0. The van der Waals surface area contributed by atoms with Crippen molar-refractivity contribution in [2.75, 3.05) is 0 Å². The van der Waals surface area contributed by atoms with Gasteiger partial charge in [-0.1, -0.05) is 37.8 Å². The lowest BCUT2D eigenvalue weighted by molar-refractivity contribution is 0.147. The summed E-state index contributed by atoms with van der Waals surface area (Å²) >= 11 is 0. The van der Waals surface area contributed by atoms with E-state index in [4.69, 9.17) is 0 Å². The third kappa shape index (κ3) is 5.54. The van der Waals surface area contributed by atoms with Gasteiger partial charge in [-0.25, -0.2) is 8.78 Å². The fourth-order valence-corrected chi connectivity index (χ4v) is 6.82. The minimum Gasteiger partial charge on any atom is -0.204 e. The zero-order valence-corrected chi connectivity index (χ0v) is 18.6. The average molecular weight is 415 g/mol. The van der Waals surface area contributed by atoms with E-state index in [9.17, 15) is 8.78 Å². The molecular weight excluding hydrogens is 374 g/mol. The summed E-state index contributed by atoms with van der Waals surface area (Å²) in [6.07, 6.45) is 21.2. The SMILES string of the molecule is C=C[C@H]1CC[C@H]([C@H]2CC[C@H](CC[C@H]3CC[C@H](c4ccc(F)c(F)c4)CC3)CC2)CC1. The van der Waals surface area contributed by atoms with Crippen LogP contribution in [-0.4, -0.2) is 0 Å². The van der Waals surface area contributed by atoms with Crippen molar-refractivity contribution < 1.29 is 8.78 Å². The van der Waals surface area contributed by atoms with Gasteiger partial charge < -0.3 is 0 Å². The molecule has 0 atom stereocenters. The Morgan fingerprint density at radius 1 is 0.700 bits per heavy atom. The van der Waals surface area contributed by atoms with E-state index < -0.39 is 11.6 Å². The zero-order chi connectivity index (χ0) is 20.9. The topological polar surface area (TPSA) is 0 Å². The third-order valence-electron chi connectivity index (χ3n) is 8.95. The second-order valence-corrected chi connectivity index (χ2v) is 10.7. The van der Waals surface area contributed by atoms with Crippen molar-refractivity contribution in [2.45, 2.75) is 95.8 Å². The fourth-order valence-electron chi connectivity index (χ4n) is 6.82. The Kier molecular flexibility index (Phi) is 7.65. The predicted molar refractivity (Wildman–Crippen MR) is 121 cm³/mol. The molecule has 0 spiro atoms. The number of benzene rings is 1. The highest BCUT2D eigenvalue weighted by Crippen LogP contribution is 2.44. The largest absolute Gasteiger partial charge is 0.204 e. The second kappa shape index (κ2) is 10.4. The van der Waals surface area contributed by atoms with Gasteiger partial charge in [-0.2, -0.15) is 0 Å². The van der Waals surface area contributed by atoms with Crippen molar-refractivity contribution >= 4 is 0 Å². The molecule has 4 rings (SSSR count). The molecule has 0 aromatic heterocycles. The van der Waals surface area contributed by atoms with Gasteiger partial charge in [-0.15, -0.1) is 6.58 Å². The first-order chi connectivity index (χ1) is 14.6. The minimum absolute atomic E-state index is 0.419. The number of halogens is 2. The molecule has 3 aliphatic carbocycles. The van der Waals surface area contributed by atoms with Crippen molar-refractivity contribution in [3.63, 3.8) is 0 Å². The van der Waals surface area contributed by atoms with E-state index >= 15 is 0 Å². The first-order valence-electron chi connectivity index (χ1n) is 12.7. The molecule has 0 saturated heterocycles. The summed E-state index contributed by atoms with van der Waals surface area (Å²) in [4.78, 5) is 0. The first kappa shape index (κ1) is 22.0. The van der Waals surface area contributed by atoms with Crippen LogP contribution in [0.4, 0.5) is 8.78 Å². The van der Waals surface area contributed by atoms with Gasteiger partial charge in [0.25, 0.3) is 0 Å². The standard InChI is InChI=1S/C28H40F2/c1-2-20-5-11-23(12-6-20)24-13-7-21(8-14-24)3-4-22-9-15-25(16-10-22)26-17-18-27(29)28(30)19-26/h2,17-25H,1,3-16H2/t20-,21-,22-,23-,24-,25-. The van der Waals surface area contributed by atoms with Gasteiger partial charge in [-0.3, -0.25) is 0 Å². The van der Waals surface area contributed by atoms with Gasteiger partial charge in [0, 0.05) is 0 Å². The summed E-state index contributed by atoms with van der Waals surface area (Å²) < 4.78 is 26.7. The van der Waals surface area contributed by atoms with E-state index in [0.717, 1.165) is 48.0 Å². The highest BCUT2D eigenvalue weighted by Gasteiger charge is 2.31. The Hall–Kier alpha value is -1.18. The number of hydrogen-bond donors (Lipinski definition) is 0. The summed E-state index contributed by atoms with van der Waals surface area (Å²) in [7, 11) is 0. The van der Waals surface area contributed by atoms with Gasteiger partial charge >= 0.3 is 0 Å². The number of rotatable bonds is 6. The van der Waals surface area contributed by atoms with E-state index in [1.165, 1.54) is 89.2 Å². The normalized spacial score (nSPS) is 35.1. The highest BCUT2D eigenvalue weighted by molar-refractivity contribution is 5.22.